The number of benzene rings is 2. The van der Waals surface area contributed by atoms with E-state index in [9.17, 15) is 24.0 Å². The number of hydrogen-bond acceptors (Lipinski definition) is 14. The lowest BCUT2D eigenvalue weighted by Gasteiger charge is -2.50. The second-order valence-corrected chi connectivity index (χ2v) is 15.0. The maximum atomic E-state index is 14.7. The molecule has 1 spiro atoms. The fourth-order valence-corrected chi connectivity index (χ4v) is 10.9. The lowest BCUT2D eigenvalue weighted by Crippen LogP contribution is -2.53. The van der Waals surface area contributed by atoms with Crippen molar-refractivity contribution in [2.24, 2.45) is 0 Å². The molecule has 0 bridgehead atoms. The Hall–Kier alpha value is -4.34. The first-order chi connectivity index (χ1) is 23.2. The molecule has 3 aliphatic heterocycles. The van der Waals surface area contributed by atoms with Gasteiger partial charge in [-0.05, 0) is 44.5 Å². The molecular formula is C34H33NO11S3. The van der Waals surface area contributed by atoms with Crippen LogP contribution in [0.5, 0.6) is 11.5 Å². The summed E-state index contributed by atoms with van der Waals surface area (Å²) < 4.78 is 29.7. The number of thioether (sulfide) groups is 3. The Kier molecular flexibility index (Phi) is 9.92. The Labute approximate surface area is 295 Å². The molecule has 0 radical (unpaired) electrons. The summed E-state index contributed by atoms with van der Waals surface area (Å²) in [5.74, 6) is -3.03. The van der Waals surface area contributed by atoms with Crippen LogP contribution in [0.1, 0.15) is 35.3 Å². The standard InChI is InChI=1S/C34H33NO11S3/c1-16-10-11-20-21(12-16)35(28(36)17-13-18(41-4)15-19(14-17)42-5)33(2,3)27-22(20)34(23(29(37)43-6)24(47-27)30(38)44-7)48-25(31(39)45-8)26(49-34)32(40)46-9/h10-15H,1-9H3. The molecule has 0 N–H and O–H groups in total. The largest absolute Gasteiger partial charge is 0.497 e. The molecule has 0 unspecified atom stereocenters. The first kappa shape index (κ1) is 36.0. The minimum Gasteiger partial charge on any atom is -0.497 e. The van der Waals surface area contributed by atoms with Gasteiger partial charge in [-0.15, -0.1) is 0 Å². The molecule has 2 aromatic rings. The Morgan fingerprint density at radius 3 is 1.67 bits per heavy atom. The number of amides is 1. The van der Waals surface area contributed by atoms with E-state index in [1.807, 2.05) is 32.9 Å². The maximum absolute atomic E-state index is 14.7. The summed E-state index contributed by atoms with van der Waals surface area (Å²) in [4.78, 5) is 70.3. The monoisotopic (exact) mass is 727 g/mol. The van der Waals surface area contributed by atoms with E-state index in [0.29, 0.717) is 33.2 Å². The summed E-state index contributed by atoms with van der Waals surface area (Å²) in [7, 11) is 7.63. The quantitative estimate of drug-likeness (QED) is 0.271. The number of aryl methyl sites for hydroxylation is 1. The van der Waals surface area contributed by atoms with Gasteiger partial charge in [0, 0.05) is 27.7 Å². The predicted molar refractivity (Wildman–Crippen MR) is 186 cm³/mol. The zero-order valence-electron chi connectivity index (χ0n) is 28.1. The number of rotatable bonds is 7. The summed E-state index contributed by atoms with van der Waals surface area (Å²) in [6.45, 7) is 5.49. The van der Waals surface area contributed by atoms with Crippen LogP contribution >= 0.6 is 35.3 Å². The van der Waals surface area contributed by atoms with Gasteiger partial charge in [0.25, 0.3) is 5.91 Å². The van der Waals surface area contributed by atoms with Gasteiger partial charge < -0.3 is 28.4 Å². The molecule has 0 saturated carbocycles. The molecular weight excluding hydrogens is 695 g/mol. The average molecular weight is 728 g/mol. The average Bonchev–Trinajstić information content (AvgIpc) is 3.49. The minimum atomic E-state index is -1.68. The smallest absolute Gasteiger partial charge is 0.345 e. The zero-order chi connectivity index (χ0) is 36.0. The van der Waals surface area contributed by atoms with Crippen molar-refractivity contribution in [3.05, 3.63) is 78.3 Å². The van der Waals surface area contributed by atoms with E-state index >= 15 is 0 Å². The van der Waals surface area contributed by atoms with Crippen LogP contribution in [0.15, 0.2) is 61.6 Å². The molecule has 0 aromatic heterocycles. The van der Waals surface area contributed by atoms with Gasteiger partial charge in [-0.1, -0.05) is 47.4 Å². The molecule has 1 amide bonds. The van der Waals surface area contributed by atoms with Crippen molar-refractivity contribution in [2.45, 2.75) is 30.4 Å². The molecule has 15 heteroatoms. The zero-order valence-corrected chi connectivity index (χ0v) is 30.6. The molecule has 0 aliphatic carbocycles. The number of nitrogens with zero attached hydrogens (tertiary/aromatic N) is 1. The van der Waals surface area contributed by atoms with Gasteiger partial charge in [-0.2, -0.15) is 0 Å². The third-order valence-corrected chi connectivity index (χ3v) is 12.7. The Morgan fingerprint density at radius 1 is 0.673 bits per heavy atom. The van der Waals surface area contributed by atoms with Gasteiger partial charge in [0.2, 0.25) is 0 Å². The fraction of sp³-hybridized carbons (Fsp3) is 0.324. The van der Waals surface area contributed by atoms with Crippen LogP contribution < -0.4 is 14.4 Å². The lowest BCUT2D eigenvalue weighted by atomic mass is 9.82. The number of hydrogen-bond donors (Lipinski definition) is 0. The van der Waals surface area contributed by atoms with Crippen molar-refractivity contribution < 1.29 is 52.4 Å². The number of fused-ring (bicyclic) bond motifs is 3. The maximum Gasteiger partial charge on any atom is 0.345 e. The van der Waals surface area contributed by atoms with E-state index in [2.05, 4.69) is 0 Å². The minimum absolute atomic E-state index is 0.128. The summed E-state index contributed by atoms with van der Waals surface area (Å²) in [6, 6.07) is 10.3. The number of methoxy groups -OCH3 is 6. The highest BCUT2D eigenvalue weighted by atomic mass is 32.2. The van der Waals surface area contributed by atoms with Gasteiger partial charge in [0.1, 0.15) is 30.3 Å². The highest BCUT2D eigenvalue weighted by Gasteiger charge is 2.61. The third-order valence-electron chi connectivity index (χ3n) is 8.10. The van der Waals surface area contributed by atoms with E-state index in [4.69, 9.17) is 28.4 Å². The van der Waals surface area contributed by atoms with Crippen molar-refractivity contribution >= 4 is 76.3 Å². The number of carbonyl (C=O) groups excluding carboxylic acids is 5. The predicted octanol–water partition coefficient (Wildman–Crippen LogP) is 5.24. The number of ether oxygens (including phenoxy) is 6. The van der Waals surface area contributed by atoms with Crippen LogP contribution in [0.4, 0.5) is 5.69 Å². The van der Waals surface area contributed by atoms with Crippen LogP contribution in [0.3, 0.4) is 0 Å². The van der Waals surface area contributed by atoms with E-state index in [0.717, 1.165) is 62.2 Å². The molecule has 3 aliphatic rings. The summed E-state index contributed by atoms with van der Waals surface area (Å²) in [5, 5.41) is 0. The highest BCUT2D eigenvalue weighted by molar-refractivity contribution is 8.26. The highest BCUT2D eigenvalue weighted by Crippen LogP contribution is 2.71. The fourth-order valence-electron chi connectivity index (χ4n) is 5.85. The van der Waals surface area contributed by atoms with Gasteiger partial charge in [0.05, 0.1) is 59.5 Å². The van der Waals surface area contributed by atoms with Crippen molar-refractivity contribution in [2.75, 3.05) is 47.6 Å². The Bertz CT molecular complexity index is 1860. The van der Waals surface area contributed by atoms with Crippen LogP contribution in [0.25, 0.3) is 5.57 Å². The van der Waals surface area contributed by atoms with E-state index in [-0.39, 0.29) is 25.9 Å². The first-order valence-corrected chi connectivity index (χ1v) is 17.0. The van der Waals surface area contributed by atoms with E-state index in [1.54, 1.807) is 29.2 Å². The first-order valence-electron chi connectivity index (χ1n) is 14.6. The van der Waals surface area contributed by atoms with Gasteiger partial charge in [0.15, 0.2) is 0 Å². The van der Waals surface area contributed by atoms with Gasteiger partial charge in [-0.25, -0.2) is 19.2 Å². The summed E-state index contributed by atoms with van der Waals surface area (Å²) in [6.07, 6.45) is 0. The lowest BCUT2D eigenvalue weighted by molar-refractivity contribution is -0.138. The van der Waals surface area contributed by atoms with E-state index < -0.39 is 39.4 Å². The van der Waals surface area contributed by atoms with Crippen LogP contribution in [0.2, 0.25) is 0 Å². The molecule has 3 heterocycles. The third kappa shape index (κ3) is 5.76. The van der Waals surface area contributed by atoms with Crippen molar-refractivity contribution in [3.8, 4) is 11.5 Å². The molecule has 12 nitrogen and oxygen atoms in total. The van der Waals surface area contributed by atoms with Crippen LogP contribution in [0, 0.1) is 6.92 Å². The molecule has 258 valence electrons. The molecule has 49 heavy (non-hydrogen) atoms. The van der Waals surface area contributed by atoms with Gasteiger partial charge in [-0.3, -0.25) is 9.69 Å². The second kappa shape index (κ2) is 13.5. The molecule has 2 aromatic carbocycles. The molecule has 0 fully saturated rings. The van der Waals surface area contributed by atoms with Crippen molar-refractivity contribution in [3.63, 3.8) is 0 Å². The molecule has 0 atom stereocenters. The Morgan fingerprint density at radius 2 is 1.18 bits per heavy atom. The Balaban J connectivity index is 1.88. The SMILES string of the molecule is COC(=O)C1=C(C(=O)OC)SC2(S1)C(C(=O)OC)=C(C(=O)OC)SC1=C2c2ccc(C)cc2N(C(=O)c2cc(OC)cc(OC)c2)C1(C)C. The van der Waals surface area contributed by atoms with Crippen LogP contribution in [-0.4, -0.2) is 82.1 Å². The van der Waals surface area contributed by atoms with Gasteiger partial charge >= 0.3 is 23.9 Å². The van der Waals surface area contributed by atoms with Crippen molar-refractivity contribution in [1.82, 2.24) is 0 Å². The summed E-state index contributed by atoms with van der Waals surface area (Å²) in [5.41, 5.74) is 1.19. The summed E-state index contributed by atoms with van der Waals surface area (Å²) >= 11 is 2.69. The number of esters is 4. The topological polar surface area (TPSA) is 144 Å². The molecule has 0 saturated heterocycles. The second-order valence-electron chi connectivity index (χ2n) is 11.3. The number of carbonyl (C=O) groups is 5. The van der Waals surface area contributed by atoms with Crippen molar-refractivity contribution in [1.29, 1.82) is 0 Å². The molecule has 5 rings (SSSR count). The number of anilines is 1. The normalized spacial score (nSPS) is 17.3. The van der Waals surface area contributed by atoms with Crippen LogP contribution in [-0.2, 0) is 38.1 Å². The van der Waals surface area contributed by atoms with E-state index in [1.165, 1.54) is 21.3 Å².